The average molecular weight is 332 g/mol. The van der Waals surface area contributed by atoms with Gasteiger partial charge in [-0.3, -0.25) is 4.79 Å². The maximum absolute atomic E-state index is 11.2. The maximum Gasteiger partial charge on any atom is 0.243 e. The van der Waals surface area contributed by atoms with Crippen molar-refractivity contribution in [1.29, 1.82) is 0 Å². The van der Waals surface area contributed by atoms with Crippen LogP contribution in [-0.2, 0) is 9.53 Å². The van der Waals surface area contributed by atoms with Crippen molar-refractivity contribution >= 4 is 5.91 Å². The molecule has 1 aliphatic heterocycles. The summed E-state index contributed by atoms with van der Waals surface area (Å²) in [4.78, 5) is 11.2. The second-order valence-electron chi connectivity index (χ2n) is 7.11. The molecule has 0 aromatic heterocycles. The lowest BCUT2D eigenvalue weighted by molar-refractivity contribution is -0.116. The van der Waals surface area contributed by atoms with Crippen LogP contribution in [-0.4, -0.2) is 31.7 Å². The van der Waals surface area contributed by atoms with Gasteiger partial charge in [-0.2, -0.15) is 0 Å². The number of carbonyl (C=O) groups excluding carboxylic acids is 1. The monoisotopic (exact) mass is 332 g/mol. The van der Waals surface area contributed by atoms with Crippen LogP contribution in [0.5, 0.6) is 0 Å². The highest BCUT2D eigenvalue weighted by Crippen LogP contribution is 2.38. The summed E-state index contributed by atoms with van der Waals surface area (Å²) in [5.74, 6) is 1.62. The number of likely N-dealkylation sites (N-methyl/N-ethyl adjacent to an activating group) is 1. The van der Waals surface area contributed by atoms with Crippen LogP contribution in [0.1, 0.15) is 39.5 Å². The Bertz CT molecular complexity index is 508. The van der Waals surface area contributed by atoms with Gasteiger partial charge >= 0.3 is 0 Å². The standard InChI is InChI=1S/C20H32N2O2/c1-14(6-4-5-7-19(23)22-3)18-12-13-24-20(18)17-10-8-16(9-11-17)15(2)21/h5,7-10,14-15,17-18,20H,4,6,11-13,21H2,1-3H3,(H,22,23)/b7-5+/t14?,15?,17?,18?,20-/m1/s1. The van der Waals surface area contributed by atoms with Crippen molar-refractivity contribution in [3.8, 4) is 0 Å². The van der Waals surface area contributed by atoms with Gasteiger partial charge in [0.15, 0.2) is 0 Å². The normalized spacial score (nSPS) is 29.5. The molecule has 1 saturated heterocycles. The molecular formula is C20H32N2O2. The molecule has 2 rings (SSSR count). The molecule has 3 N–H and O–H groups in total. The zero-order valence-electron chi connectivity index (χ0n) is 15.2. The van der Waals surface area contributed by atoms with Gasteiger partial charge in [0.2, 0.25) is 5.91 Å². The van der Waals surface area contributed by atoms with E-state index in [-0.39, 0.29) is 11.9 Å². The van der Waals surface area contributed by atoms with E-state index in [1.807, 2.05) is 13.0 Å². The molecule has 0 bridgehead atoms. The highest BCUT2D eigenvalue weighted by Gasteiger charge is 2.36. The molecule has 0 saturated carbocycles. The van der Waals surface area contributed by atoms with E-state index in [0.717, 1.165) is 32.3 Å². The SMILES string of the molecule is CNC(=O)/C=C/CCC(C)C1CCO[C@@H]1C1C=CC(C(C)N)=CC1. The second-order valence-corrected chi connectivity index (χ2v) is 7.11. The molecule has 5 atom stereocenters. The van der Waals surface area contributed by atoms with Gasteiger partial charge in [-0.05, 0) is 56.1 Å². The summed E-state index contributed by atoms with van der Waals surface area (Å²) < 4.78 is 6.09. The number of carbonyl (C=O) groups is 1. The summed E-state index contributed by atoms with van der Waals surface area (Å²) in [7, 11) is 1.65. The van der Waals surface area contributed by atoms with Crippen LogP contribution in [0.25, 0.3) is 0 Å². The van der Waals surface area contributed by atoms with Gasteiger partial charge in [0.25, 0.3) is 0 Å². The maximum atomic E-state index is 11.2. The van der Waals surface area contributed by atoms with Gasteiger partial charge in [0, 0.05) is 25.6 Å². The lowest BCUT2D eigenvalue weighted by Gasteiger charge is -2.30. The van der Waals surface area contributed by atoms with Gasteiger partial charge in [0.1, 0.15) is 0 Å². The van der Waals surface area contributed by atoms with Crippen molar-refractivity contribution in [2.75, 3.05) is 13.7 Å². The zero-order valence-corrected chi connectivity index (χ0v) is 15.2. The number of allylic oxidation sites excluding steroid dienone is 2. The van der Waals surface area contributed by atoms with E-state index in [9.17, 15) is 4.79 Å². The second kappa shape index (κ2) is 9.19. The minimum absolute atomic E-state index is 0.0335. The Kier molecular flexibility index (Phi) is 7.25. The number of nitrogens with one attached hydrogen (secondary N) is 1. The van der Waals surface area contributed by atoms with Crippen LogP contribution in [0.3, 0.4) is 0 Å². The van der Waals surface area contributed by atoms with Gasteiger partial charge in [0.05, 0.1) is 6.10 Å². The van der Waals surface area contributed by atoms with Crippen LogP contribution in [0.2, 0.25) is 0 Å². The lowest BCUT2D eigenvalue weighted by atomic mass is 9.77. The van der Waals surface area contributed by atoms with Gasteiger partial charge in [-0.1, -0.05) is 31.2 Å². The quantitative estimate of drug-likeness (QED) is 0.705. The number of amides is 1. The highest BCUT2D eigenvalue weighted by atomic mass is 16.5. The van der Waals surface area contributed by atoms with Crippen LogP contribution in [0.4, 0.5) is 0 Å². The number of hydrogen-bond donors (Lipinski definition) is 2. The van der Waals surface area contributed by atoms with Crippen molar-refractivity contribution in [2.24, 2.45) is 23.5 Å². The van der Waals surface area contributed by atoms with Crippen LogP contribution in [0, 0.1) is 17.8 Å². The predicted octanol–water partition coefficient (Wildman–Crippen LogP) is 2.96. The van der Waals surface area contributed by atoms with Crippen molar-refractivity contribution in [3.63, 3.8) is 0 Å². The summed E-state index contributed by atoms with van der Waals surface area (Å²) in [6.45, 7) is 5.21. The third-order valence-electron chi connectivity index (χ3n) is 5.33. The fraction of sp³-hybridized carbons (Fsp3) is 0.650. The fourth-order valence-electron chi connectivity index (χ4n) is 3.76. The molecule has 1 fully saturated rings. The van der Waals surface area contributed by atoms with E-state index in [1.54, 1.807) is 13.1 Å². The first-order valence-corrected chi connectivity index (χ1v) is 9.16. The summed E-state index contributed by atoms with van der Waals surface area (Å²) in [5, 5.41) is 2.60. The third kappa shape index (κ3) is 5.05. The molecule has 24 heavy (non-hydrogen) atoms. The molecule has 1 aliphatic carbocycles. The highest BCUT2D eigenvalue weighted by molar-refractivity contribution is 5.87. The Labute approximate surface area is 146 Å². The van der Waals surface area contributed by atoms with Gasteiger partial charge < -0.3 is 15.8 Å². The largest absolute Gasteiger partial charge is 0.377 e. The first kappa shape index (κ1) is 18.9. The number of ether oxygens (including phenoxy) is 1. The molecule has 2 aliphatic rings. The Hall–Kier alpha value is -1.39. The van der Waals surface area contributed by atoms with E-state index in [2.05, 4.69) is 30.5 Å². The summed E-state index contributed by atoms with van der Waals surface area (Å²) >= 11 is 0. The van der Waals surface area contributed by atoms with E-state index in [4.69, 9.17) is 10.5 Å². The van der Waals surface area contributed by atoms with Crippen molar-refractivity contribution in [1.82, 2.24) is 5.32 Å². The first-order chi connectivity index (χ1) is 11.5. The predicted molar refractivity (Wildman–Crippen MR) is 98.4 cm³/mol. The summed E-state index contributed by atoms with van der Waals surface area (Å²) in [5.41, 5.74) is 7.19. The lowest BCUT2D eigenvalue weighted by Crippen LogP contribution is -2.30. The Morgan fingerprint density at radius 1 is 1.50 bits per heavy atom. The topological polar surface area (TPSA) is 64.3 Å². The van der Waals surface area contributed by atoms with Crippen molar-refractivity contribution in [2.45, 2.75) is 51.7 Å². The van der Waals surface area contributed by atoms with E-state index >= 15 is 0 Å². The van der Waals surface area contributed by atoms with E-state index in [1.165, 1.54) is 5.57 Å². The van der Waals surface area contributed by atoms with E-state index in [0.29, 0.717) is 23.9 Å². The van der Waals surface area contributed by atoms with Crippen molar-refractivity contribution < 1.29 is 9.53 Å². The molecule has 0 spiro atoms. The van der Waals surface area contributed by atoms with Crippen molar-refractivity contribution in [3.05, 3.63) is 36.0 Å². The number of hydrogen-bond acceptors (Lipinski definition) is 3. The zero-order chi connectivity index (χ0) is 17.5. The average Bonchev–Trinajstić information content (AvgIpc) is 3.08. The molecule has 1 amide bonds. The van der Waals surface area contributed by atoms with Crippen LogP contribution in [0.15, 0.2) is 36.0 Å². The third-order valence-corrected chi connectivity index (χ3v) is 5.33. The number of rotatable bonds is 7. The Morgan fingerprint density at radius 2 is 2.29 bits per heavy atom. The minimum Gasteiger partial charge on any atom is -0.377 e. The number of nitrogens with two attached hydrogens (primary N) is 1. The molecule has 4 heteroatoms. The fourth-order valence-corrected chi connectivity index (χ4v) is 3.76. The summed E-state index contributed by atoms with van der Waals surface area (Å²) in [6.07, 6.45) is 14.8. The van der Waals surface area contributed by atoms with Gasteiger partial charge in [-0.15, -0.1) is 0 Å². The smallest absolute Gasteiger partial charge is 0.243 e. The minimum atomic E-state index is -0.0335. The molecule has 1 heterocycles. The van der Waals surface area contributed by atoms with Crippen LogP contribution >= 0.6 is 0 Å². The first-order valence-electron chi connectivity index (χ1n) is 9.16. The molecule has 0 aromatic rings. The summed E-state index contributed by atoms with van der Waals surface area (Å²) in [6, 6.07) is 0.105. The Morgan fingerprint density at radius 3 is 2.92 bits per heavy atom. The molecule has 0 radical (unpaired) electrons. The molecule has 4 nitrogen and oxygen atoms in total. The van der Waals surface area contributed by atoms with Gasteiger partial charge in [-0.25, -0.2) is 0 Å². The molecule has 0 aromatic carbocycles. The molecule has 134 valence electrons. The van der Waals surface area contributed by atoms with Crippen LogP contribution < -0.4 is 11.1 Å². The molecular weight excluding hydrogens is 300 g/mol. The molecule has 4 unspecified atom stereocenters. The van der Waals surface area contributed by atoms with E-state index < -0.39 is 0 Å². The Balaban J connectivity index is 1.85.